The molecule has 0 radical (unpaired) electrons. The first-order chi connectivity index (χ1) is 7.23. The van der Waals surface area contributed by atoms with E-state index in [0.29, 0.717) is 12.1 Å². The van der Waals surface area contributed by atoms with Crippen molar-refractivity contribution in [1.29, 1.82) is 0 Å². The van der Waals surface area contributed by atoms with E-state index in [1.54, 1.807) is 0 Å². The molecule has 0 amide bonds. The van der Waals surface area contributed by atoms with Crippen molar-refractivity contribution in [3.8, 4) is 0 Å². The van der Waals surface area contributed by atoms with Crippen molar-refractivity contribution in [2.45, 2.75) is 6.18 Å². The number of halogens is 4. The molecule has 0 aliphatic rings. The molecule has 0 unspecified atom stereocenters. The van der Waals surface area contributed by atoms with Crippen LogP contribution in [0, 0.1) is 10.1 Å². The average molecular weight is 237 g/mol. The molecule has 4 nitrogen and oxygen atoms in total. The Morgan fingerprint density at radius 3 is 2.25 bits per heavy atom. The van der Waals surface area contributed by atoms with Crippen LogP contribution in [-0.2, 0) is 6.18 Å². The second-order valence-electron chi connectivity index (χ2n) is 2.76. The molecule has 0 N–H and O–H groups in total. The molecule has 1 aromatic carbocycles. The van der Waals surface area contributed by atoms with E-state index < -0.39 is 34.0 Å². The number of carbonyl (C=O) groups is 1. The van der Waals surface area contributed by atoms with E-state index in [4.69, 9.17) is 0 Å². The SMILES string of the molecule is O=C(F)c1ccc(C(F)(F)F)cc1[N+](=O)[O-]. The molecule has 0 aliphatic carbocycles. The number of hydrogen-bond acceptors (Lipinski definition) is 3. The molecule has 0 heterocycles. The highest BCUT2D eigenvalue weighted by Crippen LogP contribution is 2.33. The second kappa shape index (κ2) is 3.87. The third-order valence-electron chi connectivity index (χ3n) is 1.73. The molecule has 0 aromatic heterocycles. The third kappa shape index (κ3) is 2.33. The second-order valence-corrected chi connectivity index (χ2v) is 2.76. The lowest BCUT2D eigenvalue weighted by Gasteiger charge is -2.06. The molecular formula is C8H3F4NO3. The van der Waals surface area contributed by atoms with E-state index in [0.717, 1.165) is 0 Å². The zero-order chi connectivity index (χ0) is 12.5. The number of alkyl halides is 3. The first-order valence-corrected chi connectivity index (χ1v) is 3.79. The van der Waals surface area contributed by atoms with Crippen molar-refractivity contribution in [3.63, 3.8) is 0 Å². The van der Waals surface area contributed by atoms with E-state index in [1.807, 2.05) is 0 Å². The molecule has 0 fully saturated rings. The minimum atomic E-state index is -4.79. The van der Waals surface area contributed by atoms with Crippen molar-refractivity contribution in [2.75, 3.05) is 0 Å². The molecule has 1 rings (SSSR count). The Kier molecular flexibility index (Phi) is 2.92. The minimum absolute atomic E-state index is 0.118. The molecule has 0 saturated carbocycles. The molecule has 8 heteroatoms. The lowest BCUT2D eigenvalue weighted by Crippen LogP contribution is -2.07. The number of nitrogens with zero attached hydrogens (tertiary/aromatic N) is 1. The van der Waals surface area contributed by atoms with E-state index in [9.17, 15) is 32.5 Å². The van der Waals surface area contributed by atoms with Gasteiger partial charge in [-0.15, -0.1) is 0 Å². The number of rotatable bonds is 2. The van der Waals surface area contributed by atoms with Crippen LogP contribution < -0.4 is 0 Å². The van der Waals surface area contributed by atoms with Crippen molar-refractivity contribution in [2.24, 2.45) is 0 Å². The number of nitro groups is 1. The lowest BCUT2D eigenvalue weighted by molar-refractivity contribution is -0.385. The zero-order valence-corrected chi connectivity index (χ0v) is 7.42. The van der Waals surface area contributed by atoms with E-state index in [2.05, 4.69) is 0 Å². The minimum Gasteiger partial charge on any atom is -0.258 e. The van der Waals surface area contributed by atoms with Crippen LogP contribution in [-0.4, -0.2) is 11.0 Å². The van der Waals surface area contributed by atoms with E-state index in [-0.39, 0.29) is 6.07 Å². The first-order valence-electron chi connectivity index (χ1n) is 3.79. The maximum absolute atomic E-state index is 12.3. The summed E-state index contributed by atoms with van der Waals surface area (Å²) in [5, 5.41) is 10.3. The van der Waals surface area contributed by atoms with Gasteiger partial charge in [0, 0.05) is 6.07 Å². The normalized spacial score (nSPS) is 11.2. The molecule has 1 aromatic rings. The Balaban J connectivity index is 3.40. The summed E-state index contributed by atoms with van der Waals surface area (Å²) in [6, 6.07) is -1.20. The summed E-state index contributed by atoms with van der Waals surface area (Å²) in [5.41, 5.74) is -3.52. The van der Waals surface area contributed by atoms with Crippen molar-refractivity contribution >= 4 is 11.7 Å². The number of carbonyl (C=O) groups excluding carboxylic acids is 1. The summed E-state index contributed by atoms with van der Waals surface area (Å²) in [6.45, 7) is 0. The van der Waals surface area contributed by atoms with Crippen molar-refractivity contribution in [3.05, 3.63) is 39.4 Å². The highest BCUT2D eigenvalue weighted by molar-refractivity contribution is 5.93. The molecule has 0 aliphatic heterocycles. The number of hydrogen-bond donors (Lipinski definition) is 0. The van der Waals surface area contributed by atoms with Gasteiger partial charge in [0.05, 0.1) is 10.5 Å². The van der Waals surface area contributed by atoms with Gasteiger partial charge in [0.1, 0.15) is 5.56 Å². The Bertz CT molecular complexity index is 455. The van der Waals surface area contributed by atoms with Gasteiger partial charge in [-0.1, -0.05) is 0 Å². The molecule has 0 atom stereocenters. The van der Waals surface area contributed by atoms with Gasteiger partial charge in [-0.3, -0.25) is 14.9 Å². The molecular weight excluding hydrogens is 234 g/mol. The Morgan fingerprint density at radius 2 is 1.88 bits per heavy atom. The van der Waals surface area contributed by atoms with Gasteiger partial charge < -0.3 is 0 Å². The van der Waals surface area contributed by atoms with Gasteiger partial charge >= 0.3 is 12.2 Å². The van der Waals surface area contributed by atoms with Crippen LogP contribution in [0.25, 0.3) is 0 Å². The van der Waals surface area contributed by atoms with Crippen LogP contribution in [0.1, 0.15) is 15.9 Å². The van der Waals surface area contributed by atoms with Gasteiger partial charge in [0.15, 0.2) is 0 Å². The van der Waals surface area contributed by atoms with Crippen LogP contribution in [0.2, 0.25) is 0 Å². The fourth-order valence-corrected chi connectivity index (χ4v) is 1.03. The number of benzene rings is 1. The predicted octanol–water partition coefficient (Wildman–Crippen LogP) is 2.72. The van der Waals surface area contributed by atoms with Crippen LogP contribution in [0.4, 0.5) is 23.2 Å². The fourth-order valence-electron chi connectivity index (χ4n) is 1.03. The summed E-state index contributed by atoms with van der Waals surface area (Å²) in [6.07, 6.45) is -4.79. The van der Waals surface area contributed by atoms with Crippen molar-refractivity contribution in [1.82, 2.24) is 0 Å². The molecule has 16 heavy (non-hydrogen) atoms. The van der Waals surface area contributed by atoms with Gasteiger partial charge in [0.25, 0.3) is 5.69 Å². The summed E-state index contributed by atoms with van der Waals surface area (Å²) in [5.74, 6) is 0. The predicted molar refractivity (Wildman–Crippen MR) is 43.5 cm³/mol. The fraction of sp³-hybridized carbons (Fsp3) is 0.125. The van der Waals surface area contributed by atoms with Crippen LogP contribution in [0.15, 0.2) is 18.2 Å². The number of nitro benzene ring substituents is 1. The largest absolute Gasteiger partial charge is 0.416 e. The van der Waals surface area contributed by atoms with Crippen LogP contribution in [0.5, 0.6) is 0 Å². The zero-order valence-electron chi connectivity index (χ0n) is 7.42. The van der Waals surface area contributed by atoms with Crippen LogP contribution in [0.3, 0.4) is 0 Å². The van der Waals surface area contributed by atoms with Crippen LogP contribution >= 0.6 is 0 Å². The summed E-state index contributed by atoms with van der Waals surface area (Å²) in [7, 11) is 0. The maximum Gasteiger partial charge on any atom is 0.416 e. The quantitative estimate of drug-likeness (QED) is 0.344. The summed E-state index contributed by atoms with van der Waals surface area (Å²) in [4.78, 5) is 19.4. The summed E-state index contributed by atoms with van der Waals surface area (Å²) < 4.78 is 48.7. The standard InChI is InChI=1S/C8H3F4NO3/c9-7(14)5-2-1-4(8(10,11)12)3-6(5)13(15)16/h1-3H. The summed E-state index contributed by atoms with van der Waals surface area (Å²) >= 11 is 0. The van der Waals surface area contributed by atoms with E-state index >= 15 is 0 Å². The smallest absolute Gasteiger partial charge is 0.258 e. The molecule has 0 bridgehead atoms. The Morgan fingerprint density at radius 1 is 1.31 bits per heavy atom. The molecule has 0 spiro atoms. The van der Waals surface area contributed by atoms with Gasteiger partial charge in [-0.25, -0.2) is 0 Å². The Hall–Kier alpha value is -1.99. The van der Waals surface area contributed by atoms with Gasteiger partial charge in [-0.2, -0.15) is 17.6 Å². The molecule has 86 valence electrons. The van der Waals surface area contributed by atoms with Crippen molar-refractivity contribution < 1.29 is 27.3 Å². The van der Waals surface area contributed by atoms with Gasteiger partial charge in [-0.05, 0) is 12.1 Å². The van der Waals surface area contributed by atoms with Gasteiger partial charge in [0.2, 0.25) is 0 Å². The Labute approximate surface area is 85.6 Å². The highest BCUT2D eigenvalue weighted by atomic mass is 19.4. The highest BCUT2D eigenvalue weighted by Gasteiger charge is 2.33. The third-order valence-corrected chi connectivity index (χ3v) is 1.73. The van der Waals surface area contributed by atoms with E-state index in [1.165, 1.54) is 0 Å². The average Bonchev–Trinajstić information content (AvgIpc) is 2.15. The molecule has 0 saturated heterocycles. The maximum atomic E-state index is 12.3. The first kappa shape index (κ1) is 12.1. The monoisotopic (exact) mass is 237 g/mol. The topological polar surface area (TPSA) is 60.2 Å². The lowest BCUT2D eigenvalue weighted by atomic mass is 10.1.